The van der Waals surface area contributed by atoms with Crippen molar-refractivity contribution in [2.45, 2.75) is 0 Å². The number of benzene rings is 1. The zero-order chi connectivity index (χ0) is 16.7. The number of thiazole rings is 1. The number of ether oxygens (including phenoxy) is 1. The molecule has 0 saturated heterocycles. The van der Waals surface area contributed by atoms with Crippen LogP contribution in [-0.4, -0.2) is 18.1 Å². The molecule has 0 spiro atoms. The number of aryl methyl sites for hydroxylation is 1. The van der Waals surface area contributed by atoms with Crippen LogP contribution >= 0.6 is 11.3 Å². The third-order valence-electron chi connectivity index (χ3n) is 3.89. The summed E-state index contributed by atoms with van der Waals surface area (Å²) in [6, 6.07) is 11.8. The van der Waals surface area contributed by atoms with Gasteiger partial charge in [0.2, 0.25) is 5.52 Å². The maximum Gasteiger partial charge on any atom is 0.354 e. The number of hydrogen-bond donors (Lipinski definition) is 1. The molecule has 0 saturated carbocycles. The molecule has 0 atom stereocenters. The number of aromatic nitrogens is 2. The Bertz CT molecular complexity index is 1050. The third kappa shape index (κ3) is 2.41. The summed E-state index contributed by atoms with van der Waals surface area (Å²) in [5, 5.41) is 1.13. The summed E-state index contributed by atoms with van der Waals surface area (Å²) < 4.78 is 13.8. The second-order valence-corrected chi connectivity index (χ2v) is 6.46. The van der Waals surface area contributed by atoms with Gasteiger partial charge >= 0.3 is 5.97 Å². The molecule has 0 unspecified atom stereocenters. The van der Waals surface area contributed by atoms with Gasteiger partial charge in [0.15, 0.2) is 5.58 Å². The molecular formula is C18H15N2O3S+. The second-order valence-electron chi connectivity index (χ2n) is 5.40. The van der Waals surface area contributed by atoms with Gasteiger partial charge in [-0.25, -0.2) is 4.79 Å². The van der Waals surface area contributed by atoms with Crippen molar-refractivity contribution in [3.05, 3.63) is 52.9 Å². The van der Waals surface area contributed by atoms with Gasteiger partial charge in [0.05, 0.1) is 12.6 Å². The lowest BCUT2D eigenvalue weighted by Crippen LogP contribution is -2.28. The van der Waals surface area contributed by atoms with Gasteiger partial charge < -0.3 is 14.1 Å². The molecule has 0 fully saturated rings. The van der Waals surface area contributed by atoms with Gasteiger partial charge in [0, 0.05) is 24.3 Å². The molecule has 1 aromatic carbocycles. The number of nitrogens with one attached hydrogen (secondary N) is 1. The van der Waals surface area contributed by atoms with E-state index < -0.39 is 5.97 Å². The number of fused-ring (bicyclic) bond motifs is 2. The smallest absolute Gasteiger partial charge is 0.354 e. The van der Waals surface area contributed by atoms with Gasteiger partial charge in [-0.2, -0.15) is 4.57 Å². The molecule has 0 radical (unpaired) electrons. The highest BCUT2D eigenvalue weighted by Crippen LogP contribution is 2.24. The molecule has 120 valence electrons. The van der Waals surface area contributed by atoms with Crippen LogP contribution in [0.2, 0.25) is 0 Å². The Morgan fingerprint density at radius 1 is 1.29 bits per heavy atom. The lowest BCUT2D eigenvalue weighted by molar-refractivity contribution is -0.642. The number of H-pyrrole nitrogens is 1. The minimum absolute atomic E-state index is 0.387. The van der Waals surface area contributed by atoms with E-state index in [-0.39, 0.29) is 0 Å². The number of methoxy groups -OCH3 is 1. The fourth-order valence-electron chi connectivity index (χ4n) is 2.66. The number of esters is 1. The standard InChI is InChI=1S/C18H14N2O3S/c1-20-14-5-3-4-6-16(14)24-17(20)8-7-11-9-12-15(23-11)10-13(19-12)18(21)22-2/h3-10H,1-2H3/p+1. The number of furan rings is 1. The molecule has 3 heterocycles. The SMILES string of the molecule is COC(=O)c1cc2oc(/C=C/c3sc4ccccc4[n+]3C)cc2[nH]1. The summed E-state index contributed by atoms with van der Waals surface area (Å²) in [5.74, 6) is 0.320. The van der Waals surface area contributed by atoms with Crippen molar-refractivity contribution in [3.8, 4) is 0 Å². The van der Waals surface area contributed by atoms with Crippen LogP contribution in [-0.2, 0) is 11.8 Å². The molecule has 0 aliphatic carbocycles. The number of para-hydroxylation sites is 1. The van der Waals surface area contributed by atoms with E-state index in [4.69, 9.17) is 4.42 Å². The first kappa shape index (κ1) is 14.7. The third-order valence-corrected chi connectivity index (χ3v) is 5.08. The van der Waals surface area contributed by atoms with Crippen LogP contribution in [0.25, 0.3) is 33.5 Å². The van der Waals surface area contributed by atoms with Crippen LogP contribution in [0.5, 0.6) is 0 Å². The van der Waals surface area contributed by atoms with E-state index in [1.165, 1.54) is 17.3 Å². The van der Waals surface area contributed by atoms with Crippen molar-refractivity contribution in [1.29, 1.82) is 0 Å². The lowest BCUT2D eigenvalue weighted by Gasteiger charge is -1.92. The molecule has 0 aliphatic heterocycles. The topological polar surface area (TPSA) is 59.1 Å². The highest BCUT2D eigenvalue weighted by Gasteiger charge is 2.15. The summed E-state index contributed by atoms with van der Waals surface area (Å²) in [7, 11) is 3.40. The lowest BCUT2D eigenvalue weighted by atomic mass is 10.3. The van der Waals surface area contributed by atoms with Crippen molar-refractivity contribution in [2.75, 3.05) is 7.11 Å². The highest BCUT2D eigenvalue weighted by molar-refractivity contribution is 7.18. The second kappa shape index (κ2) is 5.65. The molecule has 4 aromatic rings. The van der Waals surface area contributed by atoms with E-state index in [2.05, 4.69) is 26.4 Å². The van der Waals surface area contributed by atoms with E-state index in [1.54, 1.807) is 17.4 Å². The van der Waals surface area contributed by atoms with Crippen LogP contribution in [0.15, 0.2) is 40.8 Å². The number of carbonyl (C=O) groups is 1. The number of aromatic amines is 1. The van der Waals surface area contributed by atoms with Gasteiger partial charge in [0.25, 0.3) is 5.01 Å². The molecule has 5 nitrogen and oxygen atoms in total. The van der Waals surface area contributed by atoms with E-state index in [0.29, 0.717) is 11.3 Å². The quantitative estimate of drug-likeness (QED) is 0.457. The van der Waals surface area contributed by atoms with Gasteiger partial charge in [-0.15, -0.1) is 0 Å². The van der Waals surface area contributed by atoms with Crippen LogP contribution in [0.1, 0.15) is 21.3 Å². The first-order valence-corrected chi connectivity index (χ1v) is 8.24. The Morgan fingerprint density at radius 3 is 2.88 bits per heavy atom. The normalized spacial score (nSPS) is 11.8. The molecule has 0 aliphatic rings. The minimum Gasteiger partial charge on any atom is -0.464 e. The molecule has 0 amide bonds. The fourth-order valence-corrected chi connectivity index (χ4v) is 3.72. The van der Waals surface area contributed by atoms with E-state index in [0.717, 1.165) is 16.3 Å². The van der Waals surface area contributed by atoms with E-state index >= 15 is 0 Å². The number of carbonyl (C=O) groups excluding carboxylic acids is 1. The molecule has 4 rings (SSSR count). The molecule has 6 heteroatoms. The first-order valence-electron chi connectivity index (χ1n) is 7.42. The van der Waals surface area contributed by atoms with Gasteiger partial charge in [-0.3, -0.25) is 0 Å². The fraction of sp³-hybridized carbons (Fsp3) is 0.111. The maximum atomic E-state index is 11.5. The van der Waals surface area contributed by atoms with E-state index in [1.807, 2.05) is 37.4 Å². The van der Waals surface area contributed by atoms with Crippen LogP contribution in [0, 0.1) is 0 Å². The predicted molar refractivity (Wildman–Crippen MR) is 93.8 cm³/mol. The van der Waals surface area contributed by atoms with Gasteiger partial charge in [0.1, 0.15) is 23.2 Å². The minimum atomic E-state index is -0.407. The Labute approximate surface area is 141 Å². The van der Waals surface area contributed by atoms with Crippen molar-refractivity contribution >= 4 is 50.8 Å². The Kier molecular flexibility index (Phi) is 3.46. The maximum absolute atomic E-state index is 11.5. The van der Waals surface area contributed by atoms with Crippen molar-refractivity contribution in [1.82, 2.24) is 4.98 Å². The number of rotatable bonds is 3. The average Bonchev–Trinajstić information content (AvgIpc) is 3.24. The summed E-state index contributed by atoms with van der Waals surface area (Å²) in [5.41, 5.74) is 3.00. The summed E-state index contributed by atoms with van der Waals surface area (Å²) in [6.45, 7) is 0. The monoisotopic (exact) mass is 339 g/mol. The molecule has 1 N–H and O–H groups in total. The van der Waals surface area contributed by atoms with Crippen LogP contribution in [0.3, 0.4) is 0 Å². The van der Waals surface area contributed by atoms with Gasteiger partial charge in [-0.05, 0) is 12.1 Å². The summed E-state index contributed by atoms with van der Waals surface area (Å²) >= 11 is 1.73. The number of hydrogen-bond acceptors (Lipinski definition) is 4. The zero-order valence-corrected chi connectivity index (χ0v) is 14.0. The summed E-state index contributed by atoms with van der Waals surface area (Å²) in [6.07, 6.45) is 3.96. The van der Waals surface area contributed by atoms with Crippen LogP contribution < -0.4 is 4.57 Å². The highest BCUT2D eigenvalue weighted by atomic mass is 32.1. The van der Waals surface area contributed by atoms with E-state index in [9.17, 15) is 4.79 Å². The first-order chi connectivity index (χ1) is 11.7. The predicted octanol–water partition coefficient (Wildman–Crippen LogP) is 3.76. The summed E-state index contributed by atoms with van der Waals surface area (Å²) in [4.78, 5) is 14.5. The average molecular weight is 339 g/mol. The Hall–Kier alpha value is -2.86. The molecule has 24 heavy (non-hydrogen) atoms. The molecule has 3 aromatic heterocycles. The van der Waals surface area contributed by atoms with Crippen molar-refractivity contribution < 1.29 is 18.5 Å². The molecular weight excluding hydrogens is 324 g/mol. The largest absolute Gasteiger partial charge is 0.464 e. The number of nitrogens with zero attached hydrogens (tertiary/aromatic N) is 1. The zero-order valence-electron chi connectivity index (χ0n) is 13.2. The van der Waals surface area contributed by atoms with Crippen LogP contribution in [0.4, 0.5) is 0 Å². The van der Waals surface area contributed by atoms with Crippen molar-refractivity contribution in [3.63, 3.8) is 0 Å². The molecule has 0 bridgehead atoms. The van der Waals surface area contributed by atoms with Crippen molar-refractivity contribution in [2.24, 2.45) is 7.05 Å². The Morgan fingerprint density at radius 2 is 2.12 bits per heavy atom. The Balaban J connectivity index is 1.65. The van der Waals surface area contributed by atoms with Gasteiger partial charge in [-0.1, -0.05) is 23.5 Å².